The van der Waals surface area contributed by atoms with Crippen LogP contribution >= 0.6 is 11.3 Å². The average Bonchev–Trinajstić information content (AvgIpc) is 2.65. The summed E-state index contributed by atoms with van der Waals surface area (Å²) in [5.74, 6) is 0. The largest absolute Gasteiger partial charge is 0.336 e. The number of fused-ring (bicyclic) bond motifs is 1. The van der Waals surface area contributed by atoms with Crippen molar-refractivity contribution in [3.63, 3.8) is 0 Å². The molecule has 0 unspecified atom stereocenters. The van der Waals surface area contributed by atoms with Gasteiger partial charge in [0.05, 0.1) is 6.04 Å². The lowest BCUT2D eigenvalue weighted by atomic mass is 10.0. The fourth-order valence-corrected chi connectivity index (χ4v) is 3.08. The first-order valence-electron chi connectivity index (χ1n) is 5.73. The van der Waals surface area contributed by atoms with Crippen LogP contribution in [0.15, 0.2) is 11.4 Å². The Labute approximate surface area is 100 Å². The predicted octanol–water partition coefficient (Wildman–Crippen LogP) is 2.79. The molecule has 1 aromatic rings. The molecule has 1 aliphatic heterocycles. The molecule has 1 N–H and O–H groups in total. The van der Waals surface area contributed by atoms with Crippen LogP contribution in [0.2, 0.25) is 0 Å². The summed E-state index contributed by atoms with van der Waals surface area (Å²) in [6.45, 7) is 6.91. The summed E-state index contributed by atoms with van der Waals surface area (Å²) in [5, 5.41) is 5.07. The summed E-state index contributed by atoms with van der Waals surface area (Å²) in [5.41, 5.74) is 1.31. The zero-order chi connectivity index (χ0) is 11.7. The minimum atomic E-state index is 0.0550. The molecule has 3 nitrogen and oxygen atoms in total. The average molecular weight is 238 g/mol. The fraction of sp³-hybridized carbons (Fsp3) is 0.583. The zero-order valence-electron chi connectivity index (χ0n) is 9.99. The van der Waals surface area contributed by atoms with Gasteiger partial charge >= 0.3 is 6.03 Å². The van der Waals surface area contributed by atoms with Crippen molar-refractivity contribution in [1.29, 1.82) is 0 Å². The molecule has 1 atom stereocenters. The number of rotatable bonds is 1. The fourth-order valence-electron chi connectivity index (χ4n) is 2.12. The van der Waals surface area contributed by atoms with Crippen molar-refractivity contribution in [2.24, 2.45) is 0 Å². The third kappa shape index (κ3) is 2.07. The molecule has 0 spiro atoms. The Morgan fingerprint density at radius 1 is 1.62 bits per heavy atom. The molecular weight excluding hydrogens is 220 g/mol. The van der Waals surface area contributed by atoms with Gasteiger partial charge < -0.3 is 10.2 Å². The topological polar surface area (TPSA) is 32.3 Å². The van der Waals surface area contributed by atoms with E-state index in [2.05, 4.69) is 23.7 Å². The minimum absolute atomic E-state index is 0.0550. The third-order valence-electron chi connectivity index (χ3n) is 2.95. The molecule has 0 saturated carbocycles. The van der Waals surface area contributed by atoms with E-state index in [0.717, 1.165) is 13.0 Å². The molecule has 1 aliphatic rings. The van der Waals surface area contributed by atoms with Gasteiger partial charge in [-0.25, -0.2) is 4.79 Å². The van der Waals surface area contributed by atoms with Gasteiger partial charge in [-0.2, -0.15) is 0 Å². The maximum atomic E-state index is 12.0. The molecule has 0 fully saturated rings. The highest BCUT2D eigenvalue weighted by molar-refractivity contribution is 7.10. The number of nitrogens with one attached hydrogen (secondary N) is 1. The van der Waals surface area contributed by atoms with Gasteiger partial charge in [-0.05, 0) is 44.2 Å². The first kappa shape index (κ1) is 11.5. The Balaban J connectivity index is 2.12. The predicted molar refractivity (Wildman–Crippen MR) is 66.8 cm³/mol. The molecule has 4 heteroatoms. The zero-order valence-corrected chi connectivity index (χ0v) is 10.8. The second kappa shape index (κ2) is 4.45. The molecule has 16 heavy (non-hydrogen) atoms. The van der Waals surface area contributed by atoms with Crippen molar-refractivity contribution in [3.8, 4) is 0 Å². The van der Waals surface area contributed by atoms with Crippen LogP contribution in [0.5, 0.6) is 0 Å². The minimum Gasteiger partial charge on any atom is -0.336 e. The summed E-state index contributed by atoms with van der Waals surface area (Å²) < 4.78 is 0. The van der Waals surface area contributed by atoms with Gasteiger partial charge in [0.15, 0.2) is 0 Å². The summed E-state index contributed by atoms with van der Waals surface area (Å²) in [6, 6.07) is 2.59. The van der Waals surface area contributed by atoms with Gasteiger partial charge in [0.1, 0.15) is 0 Å². The van der Waals surface area contributed by atoms with Crippen molar-refractivity contribution >= 4 is 17.4 Å². The number of carbonyl (C=O) groups excluding carboxylic acids is 1. The highest BCUT2D eigenvalue weighted by Gasteiger charge is 2.28. The lowest BCUT2D eigenvalue weighted by molar-refractivity contribution is 0.173. The van der Waals surface area contributed by atoms with Crippen molar-refractivity contribution in [1.82, 2.24) is 10.2 Å². The van der Waals surface area contributed by atoms with Gasteiger partial charge in [-0.3, -0.25) is 0 Å². The highest BCUT2D eigenvalue weighted by Crippen LogP contribution is 2.32. The summed E-state index contributed by atoms with van der Waals surface area (Å²) in [7, 11) is 0. The van der Waals surface area contributed by atoms with Crippen LogP contribution in [0.25, 0.3) is 0 Å². The number of nitrogens with zero attached hydrogens (tertiary/aromatic N) is 1. The van der Waals surface area contributed by atoms with E-state index in [9.17, 15) is 4.79 Å². The molecule has 1 aromatic heterocycles. The van der Waals surface area contributed by atoms with Crippen molar-refractivity contribution in [3.05, 3.63) is 21.9 Å². The van der Waals surface area contributed by atoms with Crippen molar-refractivity contribution in [2.75, 3.05) is 6.54 Å². The first-order valence-corrected chi connectivity index (χ1v) is 6.61. The highest BCUT2D eigenvalue weighted by atomic mass is 32.1. The van der Waals surface area contributed by atoms with E-state index < -0.39 is 0 Å². The van der Waals surface area contributed by atoms with Gasteiger partial charge in [0, 0.05) is 17.5 Å². The summed E-state index contributed by atoms with van der Waals surface area (Å²) >= 11 is 1.80. The maximum Gasteiger partial charge on any atom is 0.318 e. The van der Waals surface area contributed by atoms with E-state index in [0.29, 0.717) is 0 Å². The van der Waals surface area contributed by atoms with Crippen LogP contribution in [-0.2, 0) is 6.42 Å². The van der Waals surface area contributed by atoms with E-state index >= 15 is 0 Å². The third-order valence-corrected chi connectivity index (χ3v) is 3.95. The van der Waals surface area contributed by atoms with E-state index in [1.165, 1.54) is 10.4 Å². The van der Waals surface area contributed by atoms with Crippen LogP contribution in [-0.4, -0.2) is 23.5 Å². The maximum absolute atomic E-state index is 12.0. The number of thiophene rings is 1. The van der Waals surface area contributed by atoms with Gasteiger partial charge in [-0.1, -0.05) is 0 Å². The Morgan fingerprint density at radius 2 is 2.38 bits per heavy atom. The van der Waals surface area contributed by atoms with Gasteiger partial charge in [0.2, 0.25) is 0 Å². The van der Waals surface area contributed by atoms with E-state index in [4.69, 9.17) is 0 Å². The molecular formula is C12H18N2OS. The van der Waals surface area contributed by atoms with Gasteiger partial charge in [0.25, 0.3) is 0 Å². The second-order valence-corrected chi connectivity index (χ2v) is 5.52. The lowest BCUT2D eigenvalue weighted by Gasteiger charge is -2.34. The molecule has 0 radical (unpaired) electrons. The molecule has 0 bridgehead atoms. The Hall–Kier alpha value is -1.03. The number of urea groups is 1. The molecule has 2 amide bonds. The van der Waals surface area contributed by atoms with E-state index in [-0.39, 0.29) is 18.1 Å². The molecule has 88 valence electrons. The number of amides is 2. The molecule has 2 rings (SSSR count). The quantitative estimate of drug-likeness (QED) is 0.801. The monoisotopic (exact) mass is 238 g/mol. The summed E-state index contributed by atoms with van der Waals surface area (Å²) in [4.78, 5) is 15.3. The van der Waals surface area contributed by atoms with Crippen LogP contribution in [0.1, 0.15) is 37.3 Å². The van der Waals surface area contributed by atoms with E-state index in [1.54, 1.807) is 11.3 Å². The standard InChI is InChI=1S/C12H18N2OS/c1-8(2)13-12(15)14-6-4-11-10(9(14)3)5-7-16-11/h5,7-9H,4,6H2,1-3H3,(H,13,15)/t9-/m1/s1. The molecule has 0 saturated heterocycles. The van der Waals surface area contributed by atoms with Crippen LogP contribution in [0, 0.1) is 0 Å². The Morgan fingerprint density at radius 3 is 3.06 bits per heavy atom. The van der Waals surface area contributed by atoms with Crippen molar-refractivity contribution in [2.45, 2.75) is 39.3 Å². The molecule has 2 heterocycles. The van der Waals surface area contributed by atoms with Crippen molar-refractivity contribution < 1.29 is 4.79 Å². The SMILES string of the molecule is CC(C)NC(=O)N1CCc2sccc2[C@H]1C. The number of hydrogen-bond donors (Lipinski definition) is 1. The van der Waals surface area contributed by atoms with Gasteiger partial charge in [-0.15, -0.1) is 11.3 Å². The van der Waals surface area contributed by atoms with Crippen LogP contribution < -0.4 is 5.32 Å². The lowest BCUT2D eigenvalue weighted by Crippen LogP contribution is -2.46. The Kier molecular flexibility index (Phi) is 3.19. The normalized spacial score (nSPS) is 19.8. The van der Waals surface area contributed by atoms with E-state index in [1.807, 2.05) is 18.7 Å². The van der Waals surface area contributed by atoms with Crippen LogP contribution in [0.4, 0.5) is 4.79 Å². The summed E-state index contributed by atoms with van der Waals surface area (Å²) in [6.07, 6.45) is 0.989. The van der Waals surface area contributed by atoms with Crippen LogP contribution in [0.3, 0.4) is 0 Å². The second-order valence-electron chi connectivity index (χ2n) is 4.52. The number of carbonyl (C=O) groups is 1. The molecule has 0 aromatic carbocycles. The Bertz CT molecular complexity index is 386. The smallest absolute Gasteiger partial charge is 0.318 e. The number of hydrogen-bond acceptors (Lipinski definition) is 2. The molecule has 0 aliphatic carbocycles. The first-order chi connectivity index (χ1) is 7.59.